The molecule has 34 heavy (non-hydrogen) atoms. The predicted molar refractivity (Wildman–Crippen MR) is 133 cm³/mol. The third kappa shape index (κ3) is 4.73. The fourth-order valence-corrected chi connectivity index (χ4v) is 20.5. The summed E-state index contributed by atoms with van der Waals surface area (Å²) in [5, 5.41) is 0. The summed E-state index contributed by atoms with van der Waals surface area (Å²) in [6.45, 7) is 0. The zero-order valence-electron chi connectivity index (χ0n) is 19.7. The zero-order valence-corrected chi connectivity index (χ0v) is 24.8. The molecule has 0 unspecified atom stereocenters. The minimum Gasteiger partial charge on any atom is -1.00 e. The van der Waals surface area contributed by atoms with E-state index in [0.717, 1.165) is 3.67 Å². The van der Waals surface area contributed by atoms with Gasteiger partial charge in [-0.25, -0.2) is 0 Å². The Hall–Kier alpha value is -1.28. The van der Waals surface area contributed by atoms with Crippen molar-refractivity contribution < 1.29 is 45.8 Å². The van der Waals surface area contributed by atoms with E-state index in [2.05, 4.69) is 78.9 Å². The molecule has 0 nitrogen and oxygen atoms in total. The van der Waals surface area contributed by atoms with Crippen molar-refractivity contribution in [3.8, 4) is 0 Å². The Bertz CT molecular complexity index is 1110. The van der Waals surface area contributed by atoms with E-state index < -0.39 is 21.0 Å². The van der Waals surface area contributed by atoms with Crippen LogP contribution in [-0.2, 0) is 21.0 Å². The summed E-state index contributed by atoms with van der Waals surface area (Å²) < 4.78 is 4.35. The molecule has 0 atom stereocenters. The summed E-state index contributed by atoms with van der Waals surface area (Å²) in [6, 6.07) is 22.9. The number of fused-ring (bicyclic) bond motifs is 1. The molecule has 0 fully saturated rings. The molecule has 0 saturated carbocycles. The molecule has 0 aliphatic heterocycles. The van der Waals surface area contributed by atoms with E-state index in [-0.39, 0.29) is 24.8 Å². The van der Waals surface area contributed by atoms with E-state index in [1.165, 1.54) is 68.9 Å². The van der Waals surface area contributed by atoms with Gasteiger partial charge in [-0.1, -0.05) is 0 Å². The average molecular weight is 654 g/mol. The van der Waals surface area contributed by atoms with Crippen LogP contribution in [0.2, 0.25) is 3.67 Å². The minimum atomic E-state index is -2.52. The van der Waals surface area contributed by atoms with Gasteiger partial charge in [-0.2, -0.15) is 0 Å². The molecular formula is C31H32Cl2Hf. The summed E-state index contributed by atoms with van der Waals surface area (Å²) in [5.74, 6) is 0. The smallest absolute Gasteiger partial charge is 1.00 e. The van der Waals surface area contributed by atoms with Crippen molar-refractivity contribution in [2.24, 2.45) is 0 Å². The molecule has 3 heteroatoms. The maximum absolute atomic E-state index is 2.53. The summed E-state index contributed by atoms with van der Waals surface area (Å²) >= 11 is -2.52. The molecule has 0 N–H and O–H groups in total. The predicted octanol–water partition coefficient (Wildman–Crippen LogP) is 2.27. The molecule has 2 aromatic carbocycles. The summed E-state index contributed by atoms with van der Waals surface area (Å²) in [5.41, 5.74) is 10.5. The molecule has 0 spiro atoms. The Morgan fingerprint density at radius 2 is 1.15 bits per heavy atom. The molecule has 174 valence electrons. The van der Waals surface area contributed by atoms with Crippen LogP contribution in [0.5, 0.6) is 0 Å². The first-order chi connectivity index (χ1) is 15.9. The Labute approximate surface area is 224 Å². The first-order valence-electron chi connectivity index (χ1n) is 12.6. The van der Waals surface area contributed by atoms with E-state index in [9.17, 15) is 0 Å². The molecule has 4 aliphatic carbocycles. The van der Waals surface area contributed by atoms with Gasteiger partial charge in [0.05, 0.1) is 0 Å². The Balaban J connectivity index is 0.00000137. The molecule has 2 aromatic rings. The molecule has 6 rings (SSSR count). The summed E-state index contributed by atoms with van der Waals surface area (Å²) in [6.07, 6.45) is 19.5. The van der Waals surface area contributed by atoms with Gasteiger partial charge in [0.1, 0.15) is 0 Å². The van der Waals surface area contributed by atoms with Crippen LogP contribution in [0.25, 0.3) is 0 Å². The van der Waals surface area contributed by atoms with Crippen molar-refractivity contribution in [1.82, 2.24) is 0 Å². The van der Waals surface area contributed by atoms with Crippen LogP contribution < -0.4 is 24.8 Å². The largest absolute Gasteiger partial charge is 1.00 e. The van der Waals surface area contributed by atoms with Crippen molar-refractivity contribution >= 4 is 3.26 Å². The van der Waals surface area contributed by atoms with Gasteiger partial charge in [-0.05, 0) is 0 Å². The minimum absolute atomic E-state index is 0. The van der Waals surface area contributed by atoms with Gasteiger partial charge < -0.3 is 24.8 Å². The molecule has 0 radical (unpaired) electrons. The fourth-order valence-electron chi connectivity index (χ4n) is 6.57. The van der Waals surface area contributed by atoms with Gasteiger partial charge in [0.15, 0.2) is 0 Å². The molecular weight excluding hydrogens is 622 g/mol. The van der Waals surface area contributed by atoms with Gasteiger partial charge >= 0.3 is 201 Å². The van der Waals surface area contributed by atoms with E-state index in [4.69, 9.17) is 0 Å². The second kappa shape index (κ2) is 11.6. The van der Waals surface area contributed by atoms with Crippen LogP contribution in [-0.4, -0.2) is 3.26 Å². The Kier molecular flexibility index (Phi) is 8.83. The standard InChI is InChI=1S/C13H17.C13H10.C5H5.2ClH.Hf/c1-3-7-12-10(5-1)9-11-6-2-4-8-13(11)12;1-3-7-12(8-4-1)11-13-9-5-2-6-10-13;1-2-4-5-3-1;;;/h9H,1-8H2;1-10H;1-3H,4H2;2*1H;/q;;;;;+2/p-2. The van der Waals surface area contributed by atoms with Gasteiger partial charge in [0.2, 0.25) is 0 Å². The van der Waals surface area contributed by atoms with Crippen molar-refractivity contribution in [3.05, 3.63) is 116 Å². The quantitative estimate of drug-likeness (QED) is 0.445. The second-order valence-corrected chi connectivity index (χ2v) is 18.9. The summed E-state index contributed by atoms with van der Waals surface area (Å²) in [4.78, 5) is 0. The van der Waals surface area contributed by atoms with Crippen LogP contribution in [0, 0.1) is 0 Å². The van der Waals surface area contributed by atoms with Gasteiger partial charge in [0.25, 0.3) is 0 Å². The zero-order chi connectivity index (χ0) is 21.3. The average Bonchev–Trinajstić information content (AvgIpc) is 3.51. The van der Waals surface area contributed by atoms with E-state index in [0.29, 0.717) is 0 Å². The number of allylic oxidation sites excluding steroid dienone is 8. The third-order valence-electron chi connectivity index (χ3n) is 7.88. The van der Waals surface area contributed by atoms with E-state index in [1.807, 2.05) is 25.6 Å². The SMILES string of the molecule is C1=CC[C]([Hf+2](=[C](c2ccccc2)c2ccccc2)[CH]2C3=C(CCCC3)C3=C2CCCC3)=C1.[Cl-].[Cl-]. The molecule has 0 saturated heterocycles. The molecule has 0 bridgehead atoms. The third-order valence-corrected chi connectivity index (χ3v) is 20.3. The monoisotopic (exact) mass is 654 g/mol. The molecule has 4 aliphatic rings. The van der Waals surface area contributed by atoms with Crippen LogP contribution in [0.4, 0.5) is 0 Å². The number of benzene rings is 2. The maximum atomic E-state index is 2.53. The number of hydrogen-bond acceptors (Lipinski definition) is 0. The molecule has 0 heterocycles. The van der Waals surface area contributed by atoms with Crippen molar-refractivity contribution in [2.75, 3.05) is 0 Å². The van der Waals surface area contributed by atoms with Gasteiger partial charge in [-0.3, -0.25) is 0 Å². The van der Waals surface area contributed by atoms with E-state index in [1.54, 1.807) is 3.26 Å². The van der Waals surface area contributed by atoms with Gasteiger partial charge in [0, 0.05) is 0 Å². The Morgan fingerprint density at radius 3 is 1.62 bits per heavy atom. The topological polar surface area (TPSA) is 0 Å². The first kappa shape index (κ1) is 25.8. The normalized spacial score (nSPS) is 18.9. The fraction of sp³-hybridized carbons (Fsp3) is 0.323. The van der Waals surface area contributed by atoms with Crippen LogP contribution >= 0.6 is 0 Å². The van der Waals surface area contributed by atoms with Crippen molar-refractivity contribution in [1.29, 1.82) is 0 Å². The number of rotatable bonds is 4. The van der Waals surface area contributed by atoms with E-state index >= 15 is 0 Å². The first-order valence-corrected chi connectivity index (χ1v) is 18.2. The van der Waals surface area contributed by atoms with Crippen molar-refractivity contribution in [3.63, 3.8) is 0 Å². The molecule has 0 aromatic heterocycles. The Morgan fingerprint density at radius 1 is 0.647 bits per heavy atom. The summed E-state index contributed by atoms with van der Waals surface area (Å²) in [7, 11) is 0. The number of hydrogen-bond donors (Lipinski definition) is 0. The van der Waals surface area contributed by atoms with Crippen LogP contribution in [0.1, 0.15) is 68.9 Å². The molecule has 0 amide bonds. The van der Waals surface area contributed by atoms with Crippen LogP contribution in [0.3, 0.4) is 0 Å². The second-order valence-electron chi connectivity index (χ2n) is 9.70. The maximum Gasteiger partial charge on any atom is -1.00 e. The van der Waals surface area contributed by atoms with Crippen molar-refractivity contribution in [2.45, 2.75) is 61.5 Å². The number of halogens is 2. The van der Waals surface area contributed by atoms with Gasteiger partial charge in [-0.15, -0.1) is 0 Å². The van der Waals surface area contributed by atoms with Crippen LogP contribution in [0.15, 0.2) is 105 Å².